The number of anilines is 2. The van der Waals surface area contributed by atoms with Crippen LogP contribution in [-0.2, 0) is 9.59 Å². The van der Waals surface area contributed by atoms with E-state index in [0.29, 0.717) is 16.8 Å². The Morgan fingerprint density at radius 3 is 3.00 bits per heavy atom. The molecule has 2 unspecified atom stereocenters. The number of amidine groups is 1. The third-order valence-corrected chi connectivity index (χ3v) is 5.60. The van der Waals surface area contributed by atoms with E-state index in [0.717, 1.165) is 5.69 Å². The van der Waals surface area contributed by atoms with Crippen LogP contribution in [0.2, 0.25) is 0 Å². The van der Waals surface area contributed by atoms with Gasteiger partial charge in [-0.2, -0.15) is 0 Å². The van der Waals surface area contributed by atoms with E-state index in [1.54, 1.807) is 16.5 Å². The van der Waals surface area contributed by atoms with Gasteiger partial charge >= 0.3 is 0 Å². The highest BCUT2D eigenvalue weighted by Crippen LogP contribution is 2.29. The summed E-state index contributed by atoms with van der Waals surface area (Å²) in [6, 6.07) is 9.36. The summed E-state index contributed by atoms with van der Waals surface area (Å²) in [7, 11) is 0. The zero-order valence-electron chi connectivity index (χ0n) is 13.6. The summed E-state index contributed by atoms with van der Waals surface area (Å²) in [6.45, 7) is 0.527. The van der Waals surface area contributed by atoms with Gasteiger partial charge in [0.2, 0.25) is 11.8 Å². The Balaban J connectivity index is 1.52. The quantitative estimate of drug-likeness (QED) is 0.730. The maximum atomic E-state index is 13.0. The van der Waals surface area contributed by atoms with Crippen LogP contribution in [0.1, 0.15) is 0 Å². The predicted molar refractivity (Wildman–Crippen MR) is 103 cm³/mol. The average molecular weight is 388 g/mol. The van der Waals surface area contributed by atoms with Gasteiger partial charge in [-0.3, -0.25) is 19.9 Å². The van der Waals surface area contributed by atoms with Crippen molar-refractivity contribution in [1.82, 2.24) is 15.8 Å². The number of aromatic nitrogens is 1. The normalized spacial score (nSPS) is 22.1. The molecule has 1 aromatic heterocycles. The number of nitrogens with zero attached hydrogens (tertiary/aromatic N) is 3. The number of nitrogens with one attached hydrogen (secondary N) is 3. The number of benzene rings is 1. The molecule has 1 saturated heterocycles. The van der Waals surface area contributed by atoms with Gasteiger partial charge < -0.3 is 5.32 Å². The Morgan fingerprint density at radius 2 is 2.23 bits per heavy atom. The predicted octanol–water partition coefficient (Wildman–Crippen LogP) is 1.27. The number of hydrogen-bond donors (Lipinski definition) is 3. The molecular formula is C16H16N6O2S2. The number of carbonyl (C=O) groups excluding carboxylic acids is 2. The number of rotatable bonds is 4. The van der Waals surface area contributed by atoms with Gasteiger partial charge in [0.1, 0.15) is 6.17 Å². The first-order chi connectivity index (χ1) is 12.7. The summed E-state index contributed by atoms with van der Waals surface area (Å²) in [4.78, 5) is 35.4. The maximum Gasteiger partial charge on any atom is 0.241 e. The van der Waals surface area contributed by atoms with E-state index in [1.165, 1.54) is 23.1 Å². The van der Waals surface area contributed by atoms with Crippen molar-refractivity contribution in [2.75, 3.05) is 22.5 Å². The number of aliphatic imine (C=N–C) groups is 1. The first kappa shape index (κ1) is 17.2. The lowest BCUT2D eigenvalue weighted by Gasteiger charge is -2.32. The van der Waals surface area contributed by atoms with E-state index in [1.807, 2.05) is 30.3 Å². The number of carbonyl (C=O) groups is 2. The highest BCUT2D eigenvalue weighted by molar-refractivity contribution is 8.14. The molecule has 2 amide bonds. The Labute approximate surface area is 158 Å². The van der Waals surface area contributed by atoms with Crippen molar-refractivity contribution in [3.05, 3.63) is 41.9 Å². The topological polar surface area (TPSA) is 98.7 Å². The van der Waals surface area contributed by atoms with E-state index >= 15 is 0 Å². The second kappa shape index (κ2) is 7.54. The molecule has 1 fully saturated rings. The fraction of sp³-hybridized carbons (Fsp3) is 0.250. The molecule has 0 aliphatic carbocycles. The highest BCUT2D eigenvalue weighted by atomic mass is 32.2. The van der Waals surface area contributed by atoms with Crippen molar-refractivity contribution in [2.45, 2.75) is 6.17 Å². The summed E-state index contributed by atoms with van der Waals surface area (Å²) in [5.74, 6) is -0.340. The third kappa shape index (κ3) is 3.49. The van der Waals surface area contributed by atoms with Crippen molar-refractivity contribution in [2.24, 2.45) is 10.9 Å². The lowest BCUT2D eigenvalue weighted by Crippen LogP contribution is -2.49. The molecule has 26 heavy (non-hydrogen) atoms. The molecule has 0 radical (unpaired) electrons. The summed E-state index contributed by atoms with van der Waals surface area (Å²) < 4.78 is 0. The number of fused-ring (bicyclic) bond motifs is 1. The molecule has 1 aromatic carbocycles. The summed E-state index contributed by atoms with van der Waals surface area (Å²) in [5.41, 5.74) is 6.73. The van der Waals surface area contributed by atoms with Crippen LogP contribution >= 0.6 is 23.1 Å². The van der Waals surface area contributed by atoms with Crippen LogP contribution in [0.5, 0.6) is 0 Å². The smallest absolute Gasteiger partial charge is 0.241 e. The summed E-state index contributed by atoms with van der Waals surface area (Å²) >= 11 is 2.59. The van der Waals surface area contributed by atoms with Crippen LogP contribution in [0.25, 0.3) is 0 Å². The Hall–Kier alpha value is -2.27. The first-order valence-corrected chi connectivity index (χ1v) is 9.86. The van der Waals surface area contributed by atoms with Crippen molar-refractivity contribution < 1.29 is 9.59 Å². The van der Waals surface area contributed by atoms with Gasteiger partial charge in [0.05, 0.1) is 17.4 Å². The number of para-hydroxylation sites is 1. The molecule has 2 aliphatic heterocycles. The second-order valence-corrected chi connectivity index (χ2v) is 7.51. The summed E-state index contributed by atoms with van der Waals surface area (Å²) in [6.07, 6.45) is 1.32. The minimum absolute atomic E-state index is 0.0310. The van der Waals surface area contributed by atoms with Crippen LogP contribution < -0.4 is 21.1 Å². The van der Waals surface area contributed by atoms with Crippen LogP contribution in [0, 0.1) is 5.92 Å². The zero-order valence-corrected chi connectivity index (χ0v) is 15.2. The standard InChI is InChI=1S/C16H16N6O2S2/c23-12(19-15-17-6-7-25-15)9-26-16-20-13-11(8-18-21-13)14(24)22(16)10-4-2-1-3-5-10/h1-7,11,13,18,21H,8-9H2,(H,17,19,23). The van der Waals surface area contributed by atoms with E-state index in [-0.39, 0.29) is 29.7 Å². The average Bonchev–Trinajstić information content (AvgIpc) is 3.32. The molecule has 8 nitrogen and oxygen atoms in total. The van der Waals surface area contributed by atoms with Gasteiger partial charge in [-0.1, -0.05) is 30.0 Å². The lowest BCUT2D eigenvalue weighted by atomic mass is 10.1. The molecule has 2 aliphatic rings. The molecule has 4 rings (SSSR count). The number of thioether (sulfide) groups is 1. The molecule has 0 saturated carbocycles. The molecule has 2 aromatic rings. The van der Waals surface area contributed by atoms with Gasteiger partial charge in [-0.05, 0) is 12.1 Å². The van der Waals surface area contributed by atoms with Crippen LogP contribution in [0.4, 0.5) is 10.8 Å². The van der Waals surface area contributed by atoms with Gasteiger partial charge in [0.15, 0.2) is 10.3 Å². The fourth-order valence-electron chi connectivity index (χ4n) is 2.75. The van der Waals surface area contributed by atoms with Crippen LogP contribution in [0.15, 0.2) is 46.9 Å². The number of amides is 2. The summed E-state index contributed by atoms with van der Waals surface area (Å²) in [5, 5.41) is 5.59. The van der Waals surface area contributed by atoms with E-state index in [2.05, 4.69) is 26.1 Å². The third-order valence-electron chi connectivity index (χ3n) is 3.96. The second-order valence-electron chi connectivity index (χ2n) is 5.67. The highest BCUT2D eigenvalue weighted by Gasteiger charge is 2.42. The molecular weight excluding hydrogens is 372 g/mol. The van der Waals surface area contributed by atoms with Crippen molar-refractivity contribution in [3.63, 3.8) is 0 Å². The van der Waals surface area contributed by atoms with Gasteiger partial charge in [0.25, 0.3) is 0 Å². The molecule has 3 N–H and O–H groups in total. The molecule has 134 valence electrons. The maximum absolute atomic E-state index is 13.0. The number of thiazole rings is 1. The lowest BCUT2D eigenvalue weighted by molar-refractivity contribution is -0.121. The van der Waals surface area contributed by atoms with Gasteiger partial charge in [-0.25, -0.2) is 15.4 Å². The SMILES string of the molecule is O=C(CSC1=NC2NNCC2C(=O)N1c1ccccc1)Nc1nccs1. The zero-order chi connectivity index (χ0) is 17.9. The first-order valence-electron chi connectivity index (χ1n) is 8.00. The Kier molecular flexibility index (Phi) is 4.98. The number of hydrogen-bond acceptors (Lipinski definition) is 8. The fourth-order valence-corrected chi connectivity index (χ4v) is 4.14. The van der Waals surface area contributed by atoms with E-state index in [9.17, 15) is 9.59 Å². The van der Waals surface area contributed by atoms with Crippen molar-refractivity contribution >= 4 is 50.9 Å². The molecule has 0 bridgehead atoms. The molecule has 2 atom stereocenters. The largest absolute Gasteiger partial charge is 0.301 e. The minimum atomic E-state index is -0.313. The molecule has 0 spiro atoms. The van der Waals surface area contributed by atoms with Crippen molar-refractivity contribution in [1.29, 1.82) is 0 Å². The van der Waals surface area contributed by atoms with Crippen LogP contribution in [-0.4, -0.2) is 40.4 Å². The Bertz CT molecular complexity index is 827. The van der Waals surface area contributed by atoms with Crippen LogP contribution in [0.3, 0.4) is 0 Å². The van der Waals surface area contributed by atoms with Gasteiger partial charge in [-0.15, -0.1) is 11.3 Å². The Morgan fingerprint density at radius 1 is 1.38 bits per heavy atom. The van der Waals surface area contributed by atoms with Crippen molar-refractivity contribution in [3.8, 4) is 0 Å². The monoisotopic (exact) mass is 388 g/mol. The molecule has 3 heterocycles. The number of hydrazine groups is 1. The molecule has 10 heteroatoms. The van der Waals surface area contributed by atoms with E-state index in [4.69, 9.17) is 0 Å². The van der Waals surface area contributed by atoms with Gasteiger partial charge in [0, 0.05) is 18.1 Å². The van der Waals surface area contributed by atoms with E-state index < -0.39 is 0 Å². The minimum Gasteiger partial charge on any atom is -0.301 e.